The lowest BCUT2D eigenvalue weighted by Gasteiger charge is -2.48. The van der Waals surface area contributed by atoms with Gasteiger partial charge in [-0.3, -0.25) is 15.0 Å². The lowest BCUT2D eigenvalue weighted by atomic mass is 9.88. The van der Waals surface area contributed by atoms with Gasteiger partial charge in [-0.15, -0.1) is 0 Å². The Labute approximate surface area is 264 Å². The third-order valence-corrected chi connectivity index (χ3v) is 7.73. The van der Waals surface area contributed by atoms with Crippen LogP contribution in [0.5, 0.6) is 0 Å². The van der Waals surface area contributed by atoms with Crippen molar-refractivity contribution in [1.29, 1.82) is 5.41 Å². The van der Waals surface area contributed by atoms with Gasteiger partial charge in [0.15, 0.2) is 12.4 Å². The van der Waals surface area contributed by atoms with E-state index in [4.69, 9.17) is 73.4 Å². The molecule has 0 aromatic heterocycles. The highest BCUT2D eigenvalue weighted by Crippen LogP contribution is 2.38. The second kappa shape index (κ2) is 15.6. The summed E-state index contributed by atoms with van der Waals surface area (Å²) >= 11 is 17.3. The molecule has 43 heavy (non-hydrogen) atoms. The van der Waals surface area contributed by atoms with Crippen LogP contribution in [0.2, 0.25) is 0 Å². The summed E-state index contributed by atoms with van der Waals surface area (Å²) in [5.41, 5.74) is 10.2. The van der Waals surface area contributed by atoms with Crippen molar-refractivity contribution in [3.05, 3.63) is 46.3 Å². The minimum absolute atomic E-state index is 0.202. The molecule has 5 unspecified atom stereocenters. The summed E-state index contributed by atoms with van der Waals surface area (Å²) in [7, 11) is 0. The molecule has 2 aliphatic heterocycles. The number of azide groups is 1. The van der Waals surface area contributed by atoms with Crippen LogP contribution in [0, 0.1) is 17.2 Å². The predicted molar refractivity (Wildman–Crippen MR) is 155 cm³/mol. The van der Waals surface area contributed by atoms with Crippen molar-refractivity contribution in [3.8, 4) is 0 Å². The second-order valence-electron chi connectivity index (χ2n) is 10.3. The fourth-order valence-corrected chi connectivity index (χ4v) is 5.02. The van der Waals surface area contributed by atoms with Crippen molar-refractivity contribution >= 4 is 52.6 Å². The van der Waals surface area contributed by atoms with Crippen molar-refractivity contribution in [2.45, 2.75) is 94.2 Å². The molecule has 0 bridgehead atoms. The number of halogens is 3. The Hall–Kier alpha value is -2.35. The van der Waals surface area contributed by atoms with Gasteiger partial charge in [0, 0.05) is 24.7 Å². The number of esters is 2. The topological polar surface area (TPSA) is 171 Å². The zero-order chi connectivity index (χ0) is 31.9. The maximum Gasteiger partial charge on any atom is 0.303 e. The fourth-order valence-electron chi connectivity index (χ4n) is 4.88. The van der Waals surface area contributed by atoms with E-state index < -0.39 is 76.7 Å². The van der Waals surface area contributed by atoms with Crippen LogP contribution in [0.4, 0.5) is 0 Å². The third-order valence-electron chi connectivity index (χ3n) is 7.22. The number of nitrogens with one attached hydrogen (secondary N) is 1. The quantitative estimate of drug-likeness (QED) is 0.0668. The van der Waals surface area contributed by atoms with E-state index >= 15 is 0 Å². The number of hydrogen-bond donors (Lipinski definition) is 1. The van der Waals surface area contributed by atoms with E-state index in [1.54, 1.807) is 6.92 Å². The molecule has 1 N–H and O–H groups in total. The molecule has 2 heterocycles. The average molecular weight is 666 g/mol. The van der Waals surface area contributed by atoms with Crippen molar-refractivity contribution in [2.24, 2.45) is 17.0 Å². The molecule has 2 fully saturated rings. The first kappa shape index (κ1) is 35.1. The summed E-state index contributed by atoms with van der Waals surface area (Å²) in [5.74, 6) is -2.84. The number of carbonyl (C=O) groups is 2. The molecule has 10 atom stereocenters. The number of alkyl halides is 3. The molecule has 2 saturated heterocycles. The zero-order valence-electron chi connectivity index (χ0n) is 24.2. The highest BCUT2D eigenvalue weighted by Gasteiger charge is 2.52. The van der Waals surface area contributed by atoms with Crippen LogP contribution in [0.15, 0.2) is 35.4 Å². The minimum atomic E-state index is -2.22. The number of benzene rings is 1. The van der Waals surface area contributed by atoms with Gasteiger partial charge in [-0.2, -0.15) is 0 Å². The Bertz CT molecular complexity index is 1170. The Morgan fingerprint density at radius 3 is 2.23 bits per heavy atom. The maximum atomic E-state index is 12.2. The van der Waals surface area contributed by atoms with Gasteiger partial charge in [0.25, 0.3) is 3.79 Å². The fraction of sp³-hybridized carbons (Fsp3) is 0.667. The maximum absolute atomic E-state index is 12.2. The van der Waals surface area contributed by atoms with Gasteiger partial charge >= 0.3 is 11.9 Å². The molecule has 238 valence electrons. The lowest BCUT2D eigenvalue weighted by molar-refractivity contribution is -0.332. The minimum Gasteiger partial charge on any atom is -0.463 e. The highest BCUT2D eigenvalue weighted by atomic mass is 35.6. The van der Waals surface area contributed by atoms with Crippen LogP contribution in [-0.4, -0.2) is 77.4 Å². The monoisotopic (exact) mass is 664 g/mol. The first-order chi connectivity index (χ1) is 20.2. The van der Waals surface area contributed by atoms with Gasteiger partial charge in [-0.05, 0) is 23.9 Å². The molecule has 13 nitrogen and oxygen atoms in total. The molecule has 3 rings (SSSR count). The van der Waals surface area contributed by atoms with Crippen molar-refractivity contribution in [3.63, 3.8) is 0 Å². The number of carbonyl (C=O) groups excluding carboxylic acids is 2. The number of rotatable bonds is 10. The van der Waals surface area contributed by atoms with Crippen LogP contribution >= 0.6 is 34.8 Å². The molecule has 2 aliphatic rings. The van der Waals surface area contributed by atoms with Crippen molar-refractivity contribution in [1.82, 2.24) is 0 Å². The smallest absolute Gasteiger partial charge is 0.303 e. The second-order valence-corrected chi connectivity index (χ2v) is 12.6. The summed E-state index contributed by atoms with van der Waals surface area (Å²) in [6, 6.07) is 8.43. The van der Waals surface area contributed by atoms with Gasteiger partial charge in [-0.1, -0.05) is 84.1 Å². The Morgan fingerprint density at radius 1 is 0.977 bits per heavy atom. The first-order valence-corrected chi connectivity index (χ1v) is 14.6. The Kier molecular flexibility index (Phi) is 12.7. The lowest BCUT2D eigenvalue weighted by Crippen LogP contribution is -2.61. The molecule has 0 spiro atoms. The van der Waals surface area contributed by atoms with E-state index in [-0.39, 0.29) is 19.1 Å². The molecule has 0 saturated carbocycles. The molecular formula is C27H35Cl3N4O9. The van der Waals surface area contributed by atoms with E-state index in [9.17, 15) is 15.1 Å². The highest BCUT2D eigenvalue weighted by molar-refractivity contribution is 6.76. The number of ether oxygens (including phenoxy) is 7. The SMILES string of the molecule is CC(=O)OCC1OC(OC(=N)C(Cl)(Cl)Cl)C(N=[N+]=[N-])[C@@H](C)[C@H]1O[C@@H]1OC(C)[C@H](C)[C@@H](OCc2ccccc2)C1OC(C)=O. The predicted octanol–water partition coefficient (Wildman–Crippen LogP) is 5.24. The van der Waals surface area contributed by atoms with Crippen LogP contribution in [0.25, 0.3) is 10.4 Å². The molecule has 1 aromatic rings. The third kappa shape index (κ3) is 9.57. The van der Waals surface area contributed by atoms with Crippen molar-refractivity contribution in [2.75, 3.05) is 6.61 Å². The van der Waals surface area contributed by atoms with Gasteiger partial charge in [0.1, 0.15) is 24.9 Å². The zero-order valence-corrected chi connectivity index (χ0v) is 26.5. The van der Waals surface area contributed by atoms with Crippen molar-refractivity contribution < 1.29 is 42.7 Å². The Balaban J connectivity index is 1.93. The van der Waals surface area contributed by atoms with Gasteiger partial charge in [0.2, 0.25) is 12.2 Å². The van der Waals surface area contributed by atoms with E-state index in [1.165, 1.54) is 13.8 Å². The van der Waals surface area contributed by atoms with Crippen LogP contribution in [0.3, 0.4) is 0 Å². The summed E-state index contributed by atoms with van der Waals surface area (Å²) in [4.78, 5) is 26.8. The van der Waals surface area contributed by atoms with Gasteiger partial charge in [-0.25, -0.2) is 0 Å². The molecule has 0 aliphatic carbocycles. The van der Waals surface area contributed by atoms with Crippen LogP contribution in [0.1, 0.15) is 40.2 Å². The van der Waals surface area contributed by atoms with Crippen LogP contribution in [-0.2, 0) is 49.4 Å². The van der Waals surface area contributed by atoms with Crippen LogP contribution < -0.4 is 0 Å². The normalized spacial score (nSPS) is 32.7. The summed E-state index contributed by atoms with van der Waals surface area (Å²) in [6.45, 7) is 7.87. The summed E-state index contributed by atoms with van der Waals surface area (Å²) < 4.78 is 39.0. The van der Waals surface area contributed by atoms with E-state index in [0.29, 0.717) is 0 Å². The van der Waals surface area contributed by atoms with Gasteiger partial charge < -0.3 is 33.2 Å². The summed E-state index contributed by atoms with van der Waals surface area (Å²) in [5, 5.41) is 11.8. The van der Waals surface area contributed by atoms with E-state index in [1.807, 2.05) is 44.2 Å². The molecule has 0 radical (unpaired) electrons. The standard InChI is InChI=1S/C27H35Cl3N4O9/c1-13-15(3)39-25(23(40-17(5)36)22(13)38-11-18-9-7-6-8-10-18)42-21-14(2)20(33-34-32)24(43-26(31)27(28,29)30)41-19(21)12-37-16(4)35/h6-10,13-15,19-25,31H,11-12H2,1-5H3/t13-,14+,15?,19?,20?,21+,22+,23?,24?,25-/m0/s1. The number of nitrogens with zero attached hydrogens (tertiary/aromatic N) is 3. The van der Waals surface area contributed by atoms with E-state index in [0.717, 1.165) is 5.56 Å². The van der Waals surface area contributed by atoms with Gasteiger partial charge in [0.05, 0.1) is 18.8 Å². The molecule has 1 aromatic carbocycles. The first-order valence-electron chi connectivity index (χ1n) is 13.5. The molecule has 0 amide bonds. The summed E-state index contributed by atoms with van der Waals surface area (Å²) in [6.07, 6.45) is -6.57. The number of hydrogen-bond acceptors (Lipinski definition) is 11. The Morgan fingerprint density at radius 2 is 1.65 bits per heavy atom. The average Bonchev–Trinajstić information content (AvgIpc) is 2.93. The van der Waals surface area contributed by atoms with E-state index in [2.05, 4.69) is 10.0 Å². The largest absolute Gasteiger partial charge is 0.463 e. The molecular weight excluding hydrogens is 631 g/mol. The molecule has 16 heteroatoms.